The zero-order valence-corrected chi connectivity index (χ0v) is 13.8. The van der Waals surface area contributed by atoms with E-state index in [-0.39, 0.29) is 0 Å². The van der Waals surface area contributed by atoms with Gasteiger partial charge in [-0.2, -0.15) is 0 Å². The predicted octanol–water partition coefficient (Wildman–Crippen LogP) is 5.22. The quantitative estimate of drug-likeness (QED) is 0.791. The molecule has 1 N–H and O–H groups in total. The summed E-state index contributed by atoms with van der Waals surface area (Å²) >= 11 is 12.0. The lowest BCUT2D eigenvalue weighted by atomic mass is 10.2. The number of halogens is 2. The Balaban J connectivity index is 2.40. The molecule has 0 fully saturated rings. The molecule has 0 bridgehead atoms. The van der Waals surface area contributed by atoms with Crippen LogP contribution in [0.2, 0.25) is 10.0 Å². The lowest BCUT2D eigenvalue weighted by Gasteiger charge is -2.10. The third-order valence-electron chi connectivity index (χ3n) is 3.02. The maximum atomic E-state index is 6.08. The van der Waals surface area contributed by atoms with E-state index < -0.39 is 0 Å². The normalized spacial score (nSPS) is 10.7. The number of aryl methyl sites for hydroxylation is 1. The molecule has 0 saturated heterocycles. The third kappa shape index (κ3) is 4.32. The van der Waals surface area contributed by atoms with E-state index in [4.69, 9.17) is 23.2 Å². The lowest BCUT2D eigenvalue weighted by Crippen LogP contribution is -2.05. The van der Waals surface area contributed by atoms with Crippen LogP contribution in [0, 0.1) is 0 Å². The second kappa shape index (κ2) is 7.62. The van der Waals surface area contributed by atoms with Gasteiger partial charge >= 0.3 is 0 Å². The van der Waals surface area contributed by atoms with Gasteiger partial charge in [-0.05, 0) is 31.0 Å². The van der Waals surface area contributed by atoms with Gasteiger partial charge in [-0.3, -0.25) is 0 Å². The number of hydrogen-bond acceptors (Lipinski definition) is 3. The molecule has 3 nitrogen and oxygen atoms in total. The Morgan fingerprint density at radius 3 is 2.48 bits per heavy atom. The van der Waals surface area contributed by atoms with Crippen molar-refractivity contribution in [1.29, 1.82) is 0 Å². The molecule has 0 saturated carbocycles. The average Bonchev–Trinajstić information content (AvgIpc) is 2.48. The summed E-state index contributed by atoms with van der Waals surface area (Å²) in [6.45, 7) is 5.16. The van der Waals surface area contributed by atoms with E-state index in [1.165, 1.54) is 0 Å². The largest absolute Gasteiger partial charge is 0.370 e. The average molecular weight is 324 g/mol. The minimum Gasteiger partial charge on any atom is -0.370 e. The summed E-state index contributed by atoms with van der Waals surface area (Å²) in [5.74, 6) is 1.54. The second-order valence-corrected chi connectivity index (χ2v) is 5.69. The van der Waals surface area contributed by atoms with Crippen LogP contribution in [0.3, 0.4) is 0 Å². The van der Waals surface area contributed by atoms with Gasteiger partial charge in [0.05, 0.1) is 10.0 Å². The summed E-state index contributed by atoms with van der Waals surface area (Å²) in [7, 11) is 0. The Kier molecular flexibility index (Phi) is 5.83. The van der Waals surface area contributed by atoms with Crippen molar-refractivity contribution in [1.82, 2.24) is 9.97 Å². The molecule has 2 rings (SSSR count). The molecular formula is C16H19Cl2N3. The molecule has 21 heavy (non-hydrogen) atoms. The fourth-order valence-corrected chi connectivity index (χ4v) is 2.29. The Morgan fingerprint density at radius 2 is 1.81 bits per heavy atom. The zero-order valence-electron chi connectivity index (χ0n) is 12.3. The van der Waals surface area contributed by atoms with Crippen LogP contribution in [0.5, 0.6) is 0 Å². The van der Waals surface area contributed by atoms with Crippen LogP contribution in [-0.2, 0) is 6.42 Å². The standard InChI is InChI=1S/C16H19Cl2N3/c1-3-5-12-10-15(19-8-4-2)21-16(20-12)11-6-7-13(17)14(18)9-11/h6-7,9-10H,3-5,8H2,1-2H3,(H,19,20,21). The molecule has 1 aromatic carbocycles. The van der Waals surface area contributed by atoms with E-state index in [2.05, 4.69) is 29.1 Å². The summed E-state index contributed by atoms with van der Waals surface area (Å²) in [6, 6.07) is 7.48. The van der Waals surface area contributed by atoms with Gasteiger partial charge in [0.2, 0.25) is 0 Å². The molecule has 112 valence electrons. The van der Waals surface area contributed by atoms with Gasteiger partial charge in [0.1, 0.15) is 5.82 Å². The summed E-state index contributed by atoms with van der Waals surface area (Å²) in [5.41, 5.74) is 1.91. The van der Waals surface area contributed by atoms with Gasteiger partial charge in [0.15, 0.2) is 5.82 Å². The smallest absolute Gasteiger partial charge is 0.161 e. The monoisotopic (exact) mass is 323 g/mol. The predicted molar refractivity (Wildman–Crippen MR) is 90.3 cm³/mol. The van der Waals surface area contributed by atoms with E-state index in [0.717, 1.165) is 42.9 Å². The van der Waals surface area contributed by atoms with Crippen molar-refractivity contribution in [2.45, 2.75) is 33.1 Å². The number of benzene rings is 1. The lowest BCUT2D eigenvalue weighted by molar-refractivity contribution is 0.872. The van der Waals surface area contributed by atoms with Crippen molar-refractivity contribution in [2.75, 3.05) is 11.9 Å². The van der Waals surface area contributed by atoms with Gasteiger partial charge in [-0.15, -0.1) is 0 Å². The van der Waals surface area contributed by atoms with Gasteiger partial charge < -0.3 is 5.32 Å². The molecule has 2 aromatic rings. The van der Waals surface area contributed by atoms with Crippen LogP contribution in [0.25, 0.3) is 11.4 Å². The highest BCUT2D eigenvalue weighted by atomic mass is 35.5. The topological polar surface area (TPSA) is 37.8 Å². The first-order valence-corrected chi connectivity index (χ1v) is 7.97. The Labute approximate surface area is 135 Å². The molecule has 5 heteroatoms. The van der Waals surface area contributed by atoms with Gasteiger partial charge in [0, 0.05) is 23.9 Å². The molecule has 0 aliphatic carbocycles. The summed E-state index contributed by atoms with van der Waals surface area (Å²) in [6.07, 6.45) is 3.03. The van der Waals surface area contributed by atoms with Gasteiger partial charge in [-0.1, -0.05) is 43.5 Å². The summed E-state index contributed by atoms with van der Waals surface area (Å²) in [4.78, 5) is 9.19. The first kappa shape index (κ1) is 16.1. The van der Waals surface area contributed by atoms with E-state index in [1.54, 1.807) is 12.1 Å². The molecule has 0 aliphatic rings. The van der Waals surface area contributed by atoms with E-state index >= 15 is 0 Å². The molecule has 1 aromatic heterocycles. The van der Waals surface area contributed by atoms with Crippen LogP contribution in [0.15, 0.2) is 24.3 Å². The minimum atomic E-state index is 0.515. The number of nitrogens with zero attached hydrogens (tertiary/aromatic N) is 2. The van der Waals surface area contributed by atoms with E-state index in [0.29, 0.717) is 15.9 Å². The Morgan fingerprint density at radius 1 is 1.00 bits per heavy atom. The number of aromatic nitrogens is 2. The molecule has 0 unspecified atom stereocenters. The summed E-state index contributed by atoms with van der Waals surface area (Å²) < 4.78 is 0. The first-order chi connectivity index (χ1) is 10.1. The van der Waals surface area contributed by atoms with Crippen molar-refractivity contribution in [3.63, 3.8) is 0 Å². The van der Waals surface area contributed by atoms with Crippen LogP contribution in [0.1, 0.15) is 32.4 Å². The summed E-state index contributed by atoms with van der Waals surface area (Å²) in [5, 5.41) is 4.37. The van der Waals surface area contributed by atoms with E-state index in [9.17, 15) is 0 Å². The van der Waals surface area contributed by atoms with Crippen molar-refractivity contribution >= 4 is 29.0 Å². The zero-order chi connectivity index (χ0) is 15.2. The molecule has 0 spiro atoms. The number of rotatable bonds is 6. The van der Waals surface area contributed by atoms with Crippen molar-refractivity contribution < 1.29 is 0 Å². The highest BCUT2D eigenvalue weighted by Crippen LogP contribution is 2.27. The Bertz CT molecular complexity index is 614. The highest BCUT2D eigenvalue weighted by molar-refractivity contribution is 6.42. The molecule has 0 amide bonds. The van der Waals surface area contributed by atoms with Crippen molar-refractivity contribution in [3.05, 3.63) is 40.0 Å². The molecule has 1 heterocycles. The molecule has 0 radical (unpaired) electrons. The Hall–Kier alpha value is -1.32. The second-order valence-electron chi connectivity index (χ2n) is 4.87. The SMILES string of the molecule is CCCNc1cc(CCC)nc(-c2ccc(Cl)c(Cl)c2)n1. The number of nitrogens with one attached hydrogen (secondary N) is 1. The van der Waals surface area contributed by atoms with Gasteiger partial charge in [0.25, 0.3) is 0 Å². The first-order valence-electron chi connectivity index (χ1n) is 7.21. The number of anilines is 1. The van der Waals surface area contributed by atoms with Crippen molar-refractivity contribution in [3.8, 4) is 11.4 Å². The van der Waals surface area contributed by atoms with Gasteiger partial charge in [-0.25, -0.2) is 9.97 Å². The maximum absolute atomic E-state index is 6.08. The van der Waals surface area contributed by atoms with E-state index in [1.807, 2.05) is 12.1 Å². The van der Waals surface area contributed by atoms with Crippen molar-refractivity contribution in [2.24, 2.45) is 0 Å². The molecular weight excluding hydrogens is 305 g/mol. The molecule has 0 aliphatic heterocycles. The fourth-order valence-electron chi connectivity index (χ4n) is 1.99. The number of hydrogen-bond donors (Lipinski definition) is 1. The van der Waals surface area contributed by atoms with Crippen LogP contribution in [0.4, 0.5) is 5.82 Å². The van der Waals surface area contributed by atoms with Crippen LogP contribution in [-0.4, -0.2) is 16.5 Å². The minimum absolute atomic E-state index is 0.515. The highest BCUT2D eigenvalue weighted by Gasteiger charge is 2.08. The third-order valence-corrected chi connectivity index (χ3v) is 3.76. The molecule has 0 atom stereocenters. The maximum Gasteiger partial charge on any atom is 0.161 e. The fraction of sp³-hybridized carbons (Fsp3) is 0.375. The van der Waals surface area contributed by atoms with Crippen LogP contribution >= 0.6 is 23.2 Å². The van der Waals surface area contributed by atoms with Crippen LogP contribution < -0.4 is 5.32 Å².